The molecule has 2 saturated heterocycles. The molecule has 128 valence electrons. The molecule has 1 aromatic carbocycles. The first kappa shape index (κ1) is 16.0. The number of aliphatic hydroxyl groups excluding tert-OH is 1. The third-order valence-corrected chi connectivity index (χ3v) is 5.35. The lowest BCUT2D eigenvalue weighted by Gasteiger charge is -2.52. The quantitative estimate of drug-likeness (QED) is 0.924. The lowest BCUT2D eigenvalue weighted by Crippen LogP contribution is -2.68. The minimum Gasteiger partial charge on any atom is -0.394 e. The number of rotatable bonds is 3. The van der Waals surface area contributed by atoms with Crippen LogP contribution in [0.4, 0.5) is 0 Å². The number of piperazine rings is 1. The van der Waals surface area contributed by atoms with Gasteiger partial charge in [-0.15, -0.1) is 0 Å². The highest BCUT2D eigenvalue weighted by atomic mass is 16.5. The maximum atomic E-state index is 9.97. The summed E-state index contributed by atoms with van der Waals surface area (Å²) in [4.78, 5) is 9.41. The van der Waals surface area contributed by atoms with E-state index in [4.69, 9.17) is 4.74 Å². The number of morpholine rings is 1. The number of nitrogens with zero attached hydrogens (tertiary/aromatic N) is 3. The van der Waals surface area contributed by atoms with Crippen LogP contribution in [-0.2, 0) is 11.3 Å². The van der Waals surface area contributed by atoms with Gasteiger partial charge in [0.15, 0.2) is 0 Å². The van der Waals surface area contributed by atoms with E-state index >= 15 is 0 Å². The van der Waals surface area contributed by atoms with E-state index in [9.17, 15) is 5.11 Å². The van der Waals surface area contributed by atoms with E-state index in [1.54, 1.807) is 0 Å². The highest BCUT2D eigenvalue weighted by Crippen LogP contribution is 2.26. The van der Waals surface area contributed by atoms with Gasteiger partial charge in [0.1, 0.15) is 0 Å². The average molecular weight is 327 g/mol. The Bertz CT molecular complexity index is 736. The molecule has 0 unspecified atom stereocenters. The summed E-state index contributed by atoms with van der Waals surface area (Å²) in [6, 6.07) is 8.61. The van der Waals surface area contributed by atoms with Gasteiger partial charge in [0, 0.05) is 44.3 Å². The summed E-state index contributed by atoms with van der Waals surface area (Å²) in [6.45, 7) is 8.30. The number of aliphatic hydroxyl groups is 1. The van der Waals surface area contributed by atoms with Crippen molar-refractivity contribution in [3.63, 3.8) is 0 Å². The van der Waals surface area contributed by atoms with Gasteiger partial charge in [-0.25, -0.2) is 0 Å². The van der Waals surface area contributed by atoms with Crippen LogP contribution in [0.25, 0.3) is 10.9 Å². The van der Waals surface area contributed by atoms with Crippen molar-refractivity contribution in [3.8, 4) is 0 Å². The number of aryl methyl sites for hydroxylation is 1. The summed E-state index contributed by atoms with van der Waals surface area (Å²) >= 11 is 0. The number of ether oxygens (including phenoxy) is 1. The zero-order valence-electron chi connectivity index (χ0n) is 14.2. The van der Waals surface area contributed by atoms with Crippen molar-refractivity contribution < 1.29 is 9.84 Å². The van der Waals surface area contributed by atoms with Crippen LogP contribution in [-0.4, -0.2) is 71.4 Å². The molecule has 2 aliphatic rings. The normalized spacial score (nSPS) is 25.8. The summed E-state index contributed by atoms with van der Waals surface area (Å²) in [5, 5.41) is 11.2. The van der Waals surface area contributed by atoms with Gasteiger partial charge in [-0.1, -0.05) is 11.6 Å². The molecule has 1 atom stereocenters. The molecule has 0 bridgehead atoms. The fourth-order valence-electron chi connectivity index (χ4n) is 3.99. The van der Waals surface area contributed by atoms with E-state index in [1.807, 2.05) is 6.20 Å². The third kappa shape index (κ3) is 2.93. The van der Waals surface area contributed by atoms with Crippen LogP contribution in [0.5, 0.6) is 0 Å². The zero-order chi connectivity index (χ0) is 16.6. The first-order chi connectivity index (χ1) is 11.7. The Morgan fingerprint density at radius 2 is 2.17 bits per heavy atom. The summed E-state index contributed by atoms with van der Waals surface area (Å²) in [7, 11) is 0. The number of hydrogen-bond donors (Lipinski definition) is 1. The van der Waals surface area contributed by atoms with Gasteiger partial charge >= 0.3 is 0 Å². The molecule has 2 fully saturated rings. The molecule has 1 aromatic heterocycles. The number of pyridine rings is 1. The maximum Gasteiger partial charge on any atom is 0.0805 e. The Hall–Kier alpha value is -1.53. The summed E-state index contributed by atoms with van der Waals surface area (Å²) < 4.78 is 5.66. The average Bonchev–Trinajstić information content (AvgIpc) is 2.61. The molecule has 0 amide bonds. The van der Waals surface area contributed by atoms with Crippen LogP contribution < -0.4 is 0 Å². The van der Waals surface area contributed by atoms with Crippen molar-refractivity contribution in [2.24, 2.45) is 0 Å². The number of fused-ring (bicyclic) bond motifs is 2. The van der Waals surface area contributed by atoms with Crippen molar-refractivity contribution in [1.29, 1.82) is 0 Å². The van der Waals surface area contributed by atoms with Crippen molar-refractivity contribution in [3.05, 3.63) is 41.6 Å². The molecule has 0 spiro atoms. The van der Waals surface area contributed by atoms with Gasteiger partial charge in [-0.3, -0.25) is 14.8 Å². The van der Waals surface area contributed by atoms with Crippen molar-refractivity contribution in [2.45, 2.75) is 19.0 Å². The lowest BCUT2D eigenvalue weighted by atomic mass is 9.94. The predicted molar refractivity (Wildman–Crippen MR) is 94.0 cm³/mol. The molecule has 2 aromatic rings. The predicted octanol–water partition coefficient (Wildman–Crippen LogP) is 1.42. The third-order valence-electron chi connectivity index (χ3n) is 5.35. The zero-order valence-corrected chi connectivity index (χ0v) is 14.2. The Balaban J connectivity index is 1.53. The van der Waals surface area contributed by atoms with Crippen molar-refractivity contribution >= 4 is 10.9 Å². The summed E-state index contributed by atoms with van der Waals surface area (Å²) in [5.74, 6) is 0. The smallest absolute Gasteiger partial charge is 0.0805 e. The molecule has 3 heterocycles. The van der Waals surface area contributed by atoms with Crippen LogP contribution in [0.1, 0.15) is 11.1 Å². The molecule has 24 heavy (non-hydrogen) atoms. The number of aromatic nitrogens is 1. The van der Waals surface area contributed by atoms with E-state index in [2.05, 4.69) is 46.0 Å². The van der Waals surface area contributed by atoms with Crippen LogP contribution in [0.15, 0.2) is 30.5 Å². The van der Waals surface area contributed by atoms with Crippen LogP contribution >= 0.6 is 0 Å². The molecule has 4 rings (SSSR count). The maximum absolute atomic E-state index is 9.97. The summed E-state index contributed by atoms with van der Waals surface area (Å²) in [6.07, 6.45) is 1.98. The van der Waals surface area contributed by atoms with Gasteiger partial charge in [-0.2, -0.15) is 0 Å². The summed E-state index contributed by atoms with van der Waals surface area (Å²) in [5.41, 5.74) is 3.29. The van der Waals surface area contributed by atoms with E-state index in [-0.39, 0.29) is 12.1 Å². The SMILES string of the molecule is Cc1ccc2ncc(CN3CCN4CCOC[C@]4(CO)C3)cc2c1. The van der Waals surface area contributed by atoms with Gasteiger partial charge in [-0.05, 0) is 30.7 Å². The van der Waals surface area contributed by atoms with Crippen LogP contribution in [0.3, 0.4) is 0 Å². The largest absolute Gasteiger partial charge is 0.394 e. The number of hydrogen-bond acceptors (Lipinski definition) is 5. The highest BCUT2D eigenvalue weighted by molar-refractivity contribution is 5.79. The monoisotopic (exact) mass is 327 g/mol. The molecule has 5 heteroatoms. The fraction of sp³-hybridized carbons (Fsp3) is 0.526. The van der Waals surface area contributed by atoms with E-state index < -0.39 is 0 Å². The first-order valence-corrected chi connectivity index (χ1v) is 8.70. The van der Waals surface area contributed by atoms with E-state index in [0.29, 0.717) is 6.61 Å². The first-order valence-electron chi connectivity index (χ1n) is 8.70. The minimum absolute atomic E-state index is 0.151. The molecular weight excluding hydrogens is 302 g/mol. The van der Waals surface area contributed by atoms with Crippen LogP contribution in [0.2, 0.25) is 0 Å². The fourth-order valence-corrected chi connectivity index (χ4v) is 3.99. The molecule has 1 N–H and O–H groups in total. The molecule has 5 nitrogen and oxygen atoms in total. The second kappa shape index (κ2) is 6.41. The van der Waals surface area contributed by atoms with Gasteiger partial charge in [0.2, 0.25) is 0 Å². The lowest BCUT2D eigenvalue weighted by molar-refractivity contribution is -0.127. The Morgan fingerprint density at radius 1 is 1.25 bits per heavy atom. The van der Waals surface area contributed by atoms with E-state index in [0.717, 1.165) is 44.8 Å². The standard InChI is InChI=1S/C19H25N3O2/c1-15-2-3-18-17(8-15)9-16(10-20-18)11-21-4-5-22-6-7-24-14-19(22,12-21)13-23/h2-3,8-10,23H,4-7,11-14H2,1H3/t19-/m1/s1. The highest BCUT2D eigenvalue weighted by Gasteiger charge is 2.43. The molecule has 0 aliphatic carbocycles. The van der Waals surface area contributed by atoms with Crippen molar-refractivity contribution in [1.82, 2.24) is 14.8 Å². The van der Waals surface area contributed by atoms with Crippen LogP contribution in [0, 0.1) is 6.92 Å². The molecule has 0 saturated carbocycles. The second-order valence-corrected chi connectivity index (χ2v) is 7.17. The van der Waals surface area contributed by atoms with Gasteiger partial charge in [0.25, 0.3) is 0 Å². The second-order valence-electron chi connectivity index (χ2n) is 7.17. The molecule has 2 aliphatic heterocycles. The molecule has 0 radical (unpaired) electrons. The van der Waals surface area contributed by atoms with E-state index in [1.165, 1.54) is 16.5 Å². The Kier molecular flexibility index (Phi) is 4.26. The topological polar surface area (TPSA) is 48.8 Å². The Morgan fingerprint density at radius 3 is 3.04 bits per heavy atom. The van der Waals surface area contributed by atoms with Crippen molar-refractivity contribution in [2.75, 3.05) is 46.0 Å². The van der Waals surface area contributed by atoms with Gasteiger partial charge < -0.3 is 9.84 Å². The van der Waals surface area contributed by atoms with Gasteiger partial charge in [0.05, 0.1) is 30.9 Å². The number of benzene rings is 1. The minimum atomic E-state index is -0.239. The molecular formula is C19H25N3O2. The Labute approximate surface area is 142 Å².